The van der Waals surface area contributed by atoms with Crippen molar-refractivity contribution in [2.24, 2.45) is 0 Å². The first kappa shape index (κ1) is 17.7. The Morgan fingerprint density at radius 3 is 2.79 bits per heavy atom. The van der Waals surface area contributed by atoms with E-state index in [1.165, 1.54) is 12.1 Å². The van der Waals surface area contributed by atoms with E-state index in [-0.39, 0.29) is 13.3 Å². The number of aromatic nitrogens is 2. The number of rotatable bonds is 4. The number of nitrogens with one attached hydrogen (secondary N) is 1. The van der Waals surface area contributed by atoms with Gasteiger partial charge in [-0.15, -0.1) is 0 Å². The molecule has 0 saturated heterocycles. The number of anilines is 1. The molecule has 1 aromatic heterocycles. The Morgan fingerprint density at radius 1 is 1.14 bits per heavy atom. The number of amides is 1. The monoisotopic (exact) mass is 381 g/mol. The van der Waals surface area contributed by atoms with Gasteiger partial charge in [-0.3, -0.25) is 9.59 Å². The zero-order chi connectivity index (χ0) is 19.7. The molecule has 0 saturated carbocycles. The molecule has 0 aliphatic carbocycles. The van der Waals surface area contributed by atoms with Crippen LogP contribution in [0.3, 0.4) is 0 Å². The van der Waals surface area contributed by atoms with E-state index >= 15 is 0 Å². The maximum atomic E-state index is 13.6. The average Bonchev–Trinajstić information content (AvgIpc) is 3.14. The Morgan fingerprint density at radius 2 is 1.96 bits per heavy atom. The first-order valence-electron chi connectivity index (χ1n) is 8.54. The van der Waals surface area contributed by atoms with Gasteiger partial charge in [-0.2, -0.15) is 5.10 Å². The molecule has 1 aliphatic rings. The predicted molar refractivity (Wildman–Crippen MR) is 99.8 cm³/mol. The lowest BCUT2D eigenvalue weighted by Gasteiger charge is -2.09. The molecule has 8 heteroatoms. The van der Waals surface area contributed by atoms with Gasteiger partial charge in [-0.1, -0.05) is 6.07 Å². The molecule has 1 aliphatic heterocycles. The lowest BCUT2D eigenvalue weighted by Crippen LogP contribution is -2.29. The van der Waals surface area contributed by atoms with E-state index in [0.717, 1.165) is 10.2 Å². The molecule has 2 heterocycles. The van der Waals surface area contributed by atoms with Crippen LogP contribution >= 0.6 is 0 Å². The average molecular weight is 381 g/mol. The topological polar surface area (TPSA) is 82.5 Å². The highest BCUT2D eigenvalue weighted by Gasteiger charge is 2.15. The van der Waals surface area contributed by atoms with Gasteiger partial charge in [0.2, 0.25) is 12.7 Å². The first-order valence-corrected chi connectivity index (χ1v) is 8.54. The summed E-state index contributed by atoms with van der Waals surface area (Å²) < 4.78 is 25.3. The minimum Gasteiger partial charge on any atom is -0.454 e. The molecule has 142 valence electrons. The van der Waals surface area contributed by atoms with Crippen LogP contribution in [-0.4, -0.2) is 22.5 Å². The van der Waals surface area contributed by atoms with Gasteiger partial charge in [0.25, 0.3) is 5.56 Å². The van der Waals surface area contributed by atoms with Crippen LogP contribution in [0.2, 0.25) is 0 Å². The molecule has 4 rings (SSSR count). The third-order valence-corrected chi connectivity index (χ3v) is 4.28. The standard InChI is InChI=1S/C20H16FN3O4/c1-12-2-4-14(9-15(12)21)22-19(25)10-24-20(26)7-5-16(23-24)13-3-6-17-18(8-13)28-11-27-17/h2-9H,10-11H2,1H3,(H,22,25). The van der Waals surface area contributed by atoms with Gasteiger partial charge in [0.15, 0.2) is 11.5 Å². The van der Waals surface area contributed by atoms with E-state index < -0.39 is 17.3 Å². The summed E-state index contributed by atoms with van der Waals surface area (Å²) in [4.78, 5) is 24.4. The number of hydrogen-bond acceptors (Lipinski definition) is 5. The predicted octanol–water partition coefficient (Wildman–Crippen LogP) is 2.73. The summed E-state index contributed by atoms with van der Waals surface area (Å²) in [5.41, 5.74) is 1.60. The van der Waals surface area contributed by atoms with Crippen molar-refractivity contribution in [2.75, 3.05) is 12.1 Å². The highest BCUT2D eigenvalue weighted by atomic mass is 19.1. The lowest BCUT2D eigenvalue weighted by molar-refractivity contribution is -0.117. The number of ether oxygens (including phenoxy) is 2. The SMILES string of the molecule is Cc1ccc(NC(=O)Cn2nc(-c3ccc4c(c3)OCO4)ccc2=O)cc1F. The largest absolute Gasteiger partial charge is 0.454 e. The molecule has 0 spiro atoms. The van der Waals surface area contributed by atoms with Gasteiger partial charge in [-0.05, 0) is 48.9 Å². The van der Waals surface area contributed by atoms with Crippen molar-refractivity contribution in [2.45, 2.75) is 13.5 Å². The Kier molecular flexibility index (Phi) is 4.52. The third-order valence-electron chi connectivity index (χ3n) is 4.28. The van der Waals surface area contributed by atoms with Gasteiger partial charge in [0.1, 0.15) is 12.4 Å². The second-order valence-electron chi connectivity index (χ2n) is 6.29. The lowest BCUT2D eigenvalue weighted by atomic mass is 10.1. The fourth-order valence-corrected chi connectivity index (χ4v) is 2.78. The van der Waals surface area contributed by atoms with Crippen molar-refractivity contribution < 1.29 is 18.7 Å². The number of aryl methyl sites for hydroxylation is 1. The third kappa shape index (κ3) is 3.57. The Hall–Kier alpha value is -3.68. The highest BCUT2D eigenvalue weighted by molar-refractivity contribution is 5.90. The van der Waals surface area contributed by atoms with Gasteiger partial charge >= 0.3 is 0 Å². The number of halogens is 1. The van der Waals surface area contributed by atoms with E-state index in [1.54, 1.807) is 43.3 Å². The summed E-state index contributed by atoms with van der Waals surface area (Å²) in [7, 11) is 0. The molecule has 0 radical (unpaired) electrons. The quantitative estimate of drug-likeness (QED) is 0.751. The minimum absolute atomic E-state index is 0.158. The van der Waals surface area contributed by atoms with Gasteiger partial charge in [0.05, 0.1) is 5.69 Å². The van der Waals surface area contributed by atoms with E-state index in [4.69, 9.17) is 9.47 Å². The van der Waals surface area contributed by atoms with Crippen molar-refractivity contribution in [3.63, 3.8) is 0 Å². The van der Waals surface area contributed by atoms with E-state index in [1.807, 2.05) is 0 Å². The van der Waals surface area contributed by atoms with Crippen LogP contribution < -0.4 is 20.3 Å². The summed E-state index contributed by atoms with van der Waals surface area (Å²) in [6, 6.07) is 12.6. The van der Waals surface area contributed by atoms with Crippen molar-refractivity contribution in [1.29, 1.82) is 0 Å². The van der Waals surface area contributed by atoms with E-state index in [9.17, 15) is 14.0 Å². The zero-order valence-electron chi connectivity index (χ0n) is 14.9. The molecule has 0 fully saturated rings. The summed E-state index contributed by atoms with van der Waals surface area (Å²) >= 11 is 0. The molecule has 1 amide bonds. The number of nitrogens with zero attached hydrogens (tertiary/aromatic N) is 2. The molecule has 0 atom stereocenters. The van der Waals surface area contributed by atoms with Crippen LogP contribution in [0.5, 0.6) is 11.5 Å². The van der Waals surface area contributed by atoms with Crippen LogP contribution in [0, 0.1) is 12.7 Å². The van der Waals surface area contributed by atoms with Crippen molar-refractivity contribution in [3.05, 3.63) is 70.3 Å². The molecule has 1 N–H and O–H groups in total. The second kappa shape index (κ2) is 7.15. The molecule has 2 aromatic carbocycles. The fourth-order valence-electron chi connectivity index (χ4n) is 2.78. The number of benzene rings is 2. The Balaban J connectivity index is 1.54. The number of carbonyl (C=O) groups is 1. The highest BCUT2D eigenvalue weighted by Crippen LogP contribution is 2.35. The molecule has 7 nitrogen and oxygen atoms in total. The summed E-state index contributed by atoms with van der Waals surface area (Å²) in [6.45, 7) is 1.49. The molecular formula is C20H16FN3O4. The summed E-state index contributed by atoms with van der Waals surface area (Å²) in [6.07, 6.45) is 0. The van der Waals surface area contributed by atoms with E-state index in [2.05, 4.69) is 10.4 Å². The Bertz CT molecular complexity index is 1130. The summed E-state index contributed by atoms with van der Waals surface area (Å²) in [5, 5.41) is 6.82. The van der Waals surface area contributed by atoms with Crippen LogP contribution in [-0.2, 0) is 11.3 Å². The van der Waals surface area contributed by atoms with Crippen molar-refractivity contribution in [1.82, 2.24) is 9.78 Å². The molecule has 28 heavy (non-hydrogen) atoms. The molecule has 0 unspecified atom stereocenters. The summed E-state index contributed by atoms with van der Waals surface area (Å²) in [5.74, 6) is 0.330. The van der Waals surface area contributed by atoms with Crippen molar-refractivity contribution >= 4 is 11.6 Å². The molecule has 0 bridgehead atoms. The van der Waals surface area contributed by atoms with Gasteiger partial charge in [-0.25, -0.2) is 9.07 Å². The normalized spacial score (nSPS) is 12.1. The minimum atomic E-state index is -0.485. The van der Waals surface area contributed by atoms with Gasteiger partial charge < -0.3 is 14.8 Å². The second-order valence-corrected chi connectivity index (χ2v) is 6.29. The fraction of sp³-hybridized carbons (Fsp3) is 0.150. The van der Waals surface area contributed by atoms with Crippen molar-refractivity contribution in [3.8, 4) is 22.8 Å². The van der Waals surface area contributed by atoms with Crippen LogP contribution in [0.25, 0.3) is 11.3 Å². The maximum absolute atomic E-state index is 13.6. The van der Waals surface area contributed by atoms with Gasteiger partial charge in [0, 0.05) is 17.3 Å². The van der Waals surface area contributed by atoms with Crippen LogP contribution in [0.15, 0.2) is 53.3 Å². The zero-order valence-corrected chi connectivity index (χ0v) is 14.9. The number of hydrogen-bond donors (Lipinski definition) is 1. The molecule has 3 aromatic rings. The van der Waals surface area contributed by atoms with Crippen LogP contribution in [0.1, 0.15) is 5.56 Å². The van der Waals surface area contributed by atoms with Crippen LogP contribution in [0.4, 0.5) is 10.1 Å². The first-order chi connectivity index (χ1) is 13.5. The smallest absolute Gasteiger partial charge is 0.267 e. The number of carbonyl (C=O) groups excluding carboxylic acids is 1. The Labute approximate surface area is 159 Å². The molecular weight excluding hydrogens is 365 g/mol. The van der Waals surface area contributed by atoms with E-state index in [0.29, 0.717) is 28.4 Å². The maximum Gasteiger partial charge on any atom is 0.267 e. The number of fused-ring (bicyclic) bond motifs is 1.